The van der Waals surface area contributed by atoms with Crippen LogP contribution in [0, 0.1) is 0 Å². The van der Waals surface area contributed by atoms with Gasteiger partial charge >= 0.3 is 0 Å². The van der Waals surface area contributed by atoms with Gasteiger partial charge in [-0.3, -0.25) is 0 Å². The molecule has 122 valence electrons. The molecule has 0 amide bonds. The topological polar surface area (TPSA) is 40.6 Å². The van der Waals surface area contributed by atoms with Gasteiger partial charge in [0, 0.05) is 6.07 Å². The second-order valence-corrected chi connectivity index (χ2v) is 6.28. The van der Waals surface area contributed by atoms with Gasteiger partial charge < -0.3 is 14.2 Å². The van der Waals surface area contributed by atoms with Crippen LogP contribution in [0.4, 0.5) is 0 Å². The van der Waals surface area contributed by atoms with Gasteiger partial charge in [0.1, 0.15) is 11.9 Å². The van der Waals surface area contributed by atoms with Crippen LogP contribution in [0.1, 0.15) is 46.5 Å². The molecule has 0 bridgehead atoms. The molecule has 4 nitrogen and oxygen atoms in total. The van der Waals surface area contributed by atoms with Gasteiger partial charge in [-0.1, -0.05) is 12.2 Å². The Morgan fingerprint density at radius 2 is 1.91 bits per heavy atom. The van der Waals surface area contributed by atoms with Crippen molar-refractivity contribution in [3.63, 3.8) is 0 Å². The molecule has 22 heavy (non-hydrogen) atoms. The third kappa shape index (κ3) is 5.68. The number of pyridine rings is 1. The Labute approximate surface area is 133 Å². The zero-order valence-corrected chi connectivity index (χ0v) is 13.9. The van der Waals surface area contributed by atoms with E-state index in [1.165, 1.54) is 0 Å². The van der Waals surface area contributed by atoms with E-state index in [1.807, 2.05) is 32.9 Å². The van der Waals surface area contributed by atoms with Gasteiger partial charge in [-0.05, 0) is 52.5 Å². The molecule has 4 heteroatoms. The zero-order valence-electron chi connectivity index (χ0n) is 13.9. The Balaban J connectivity index is 1.74. The maximum absolute atomic E-state index is 5.95. The van der Waals surface area contributed by atoms with Crippen LogP contribution in [0.2, 0.25) is 0 Å². The highest BCUT2D eigenvalue weighted by Gasteiger charge is 2.23. The zero-order chi connectivity index (χ0) is 15.9. The van der Waals surface area contributed by atoms with Crippen molar-refractivity contribution in [2.75, 3.05) is 6.61 Å². The van der Waals surface area contributed by atoms with Gasteiger partial charge in [-0.15, -0.1) is 0 Å². The van der Waals surface area contributed by atoms with Crippen LogP contribution in [0.25, 0.3) is 0 Å². The van der Waals surface area contributed by atoms with Crippen molar-refractivity contribution in [3.05, 3.63) is 30.5 Å². The first-order chi connectivity index (χ1) is 10.5. The minimum Gasteiger partial charge on any atom is -0.489 e. The summed E-state index contributed by atoms with van der Waals surface area (Å²) >= 11 is 0. The normalized spacial score (nSPS) is 21.6. The Morgan fingerprint density at radius 1 is 1.23 bits per heavy atom. The van der Waals surface area contributed by atoms with Gasteiger partial charge in [0.25, 0.3) is 0 Å². The predicted octanol–water partition coefficient (Wildman–Crippen LogP) is 4.15. The molecular weight excluding hydrogens is 278 g/mol. The van der Waals surface area contributed by atoms with Crippen LogP contribution in [-0.2, 0) is 4.74 Å². The summed E-state index contributed by atoms with van der Waals surface area (Å²) < 4.78 is 17.3. The average molecular weight is 305 g/mol. The molecule has 2 rings (SSSR count). The lowest BCUT2D eigenvalue weighted by molar-refractivity contribution is 0.0122. The van der Waals surface area contributed by atoms with Gasteiger partial charge in [0.15, 0.2) is 0 Å². The van der Waals surface area contributed by atoms with E-state index in [1.54, 1.807) is 6.20 Å². The lowest BCUT2D eigenvalue weighted by Crippen LogP contribution is -2.28. The minimum atomic E-state index is 0.156. The Hall–Kier alpha value is -1.55. The summed E-state index contributed by atoms with van der Waals surface area (Å²) in [5.41, 5.74) is 1.08. The SMILES string of the molecule is C=C(C)COC1CCC(Oc2ccc(OC(C)C)cn2)CC1. The Kier molecular flexibility index (Phi) is 6.25. The van der Waals surface area contributed by atoms with E-state index in [2.05, 4.69) is 11.6 Å². The van der Waals surface area contributed by atoms with Gasteiger partial charge in [0.05, 0.1) is 25.0 Å². The highest BCUT2D eigenvalue weighted by molar-refractivity contribution is 5.23. The van der Waals surface area contributed by atoms with Crippen molar-refractivity contribution >= 4 is 0 Å². The van der Waals surface area contributed by atoms with Gasteiger partial charge in [-0.25, -0.2) is 4.98 Å². The molecule has 0 radical (unpaired) electrons. The first-order valence-corrected chi connectivity index (χ1v) is 8.08. The molecule has 1 aliphatic rings. The molecule has 1 fully saturated rings. The van der Waals surface area contributed by atoms with Crippen LogP contribution in [0.15, 0.2) is 30.5 Å². The standard InChI is InChI=1S/C18H27NO3/c1-13(2)12-20-15-5-7-16(8-6-15)22-18-10-9-17(11-19-18)21-14(3)4/h9-11,14-16H,1,5-8,12H2,2-4H3. The lowest BCUT2D eigenvalue weighted by atomic mass is 9.95. The maximum Gasteiger partial charge on any atom is 0.213 e. The van der Waals surface area contributed by atoms with E-state index in [4.69, 9.17) is 14.2 Å². The maximum atomic E-state index is 5.95. The van der Waals surface area contributed by atoms with E-state index >= 15 is 0 Å². The van der Waals surface area contributed by atoms with E-state index in [9.17, 15) is 0 Å². The highest BCUT2D eigenvalue weighted by Crippen LogP contribution is 2.25. The molecule has 0 saturated heterocycles. The fourth-order valence-electron chi connectivity index (χ4n) is 2.53. The third-order valence-electron chi connectivity index (χ3n) is 3.56. The van der Waals surface area contributed by atoms with Crippen LogP contribution in [0.3, 0.4) is 0 Å². The van der Waals surface area contributed by atoms with Crippen molar-refractivity contribution in [1.29, 1.82) is 0 Å². The summed E-state index contributed by atoms with van der Waals surface area (Å²) in [5.74, 6) is 1.45. The summed E-state index contributed by atoms with van der Waals surface area (Å²) in [5, 5.41) is 0. The fraction of sp³-hybridized carbons (Fsp3) is 0.611. The smallest absolute Gasteiger partial charge is 0.213 e. The van der Waals surface area contributed by atoms with Crippen molar-refractivity contribution in [2.24, 2.45) is 0 Å². The van der Waals surface area contributed by atoms with Crippen molar-refractivity contribution < 1.29 is 14.2 Å². The van der Waals surface area contributed by atoms with Crippen LogP contribution < -0.4 is 9.47 Å². The number of nitrogens with zero attached hydrogens (tertiary/aromatic N) is 1. The van der Waals surface area contributed by atoms with Gasteiger partial charge in [-0.2, -0.15) is 0 Å². The molecule has 0 aromatic carbocycles. The quantitative estimate of drug-likeness (QED) is 0.710. The molecule has 1 aliphatic carbocycles. The molecule has 1 saturated carbocycles. The number of aromatic nitrogens is 1. The lowest BCUT2D eigenvalue weighted by Gasteiger charge is -2.28. The molecule has 0 N–H and O–H groups in total. The Morgan fingerprint density at radius 3 is 2.45 bits per heavy atom. The van der Waals surface area contributed by atoms with E-state index in [0.29, 0.717) is 18.6 Å². The highest BCUT2D eigenvalue weighted by atomic mass is 16.5. The van der Waals surface area contributed by atoms with Gasteiger partial charge in [0.2, 0.25) is 5.88 Å². The monoisotopic (exact) mass is 305 g/mol. The predicted molar refractivity (Wildman–Crippen MR) is 87.4 cm³/mol. The molecule has 1 aromatic heterocycles. The second kappa shape index (κ2) is 8.18. The molecule has 0 aliphatic heterocycles. The largest absolute Gasteiger partial charge is 0.489 e. The van der Waals surface area contributed by atoms with Crippen molar-refractivity contribution in [2.45, 2.75) is 64.8 Å². The molecule has 0 atom stereocenters. The molecule has 0 unspecified atom stereocenters. The molecule has 1 aromatic rings. The molecule has 0 spiro atoms. The first kappa shape index (κ1) is 16.8. The average Bonchev–Trinajstić information content (AvgIpc) is 2.48. The minimum absolute atomic E-state index is 0.156. The number of ether oxygens (including phenoxy) is 3. The van der Waals surface area contributed by atoms with Crippen LogP contribution >= 0.6 is 0 Å². The summed E-state index contributed by atoms with van der Waals surface area (Å²) in [6.07, 6.45) is 6.53. The van der Waals surface area contributed by atoms with Crippen LogP contribution in [0.5, 0.6) is 11.6 Å². The van der Waals surface area contributed by atoms with E-state index in [0.717, 1.165) is 37.0 Å². The summed E-state index contributed by atoms with van der Waals surface area (Å²) in [7, 11) is 0. The Bertz CT molecular complexity index is 462. The van der Waals surface area contributed by atoms with Crippen LogP contribution in [-0.4, -0.2) is 29.9 Å². The third-order valence-corrected chi connectivity index (χ3v) is 3.56. The fourth-order valence-corrected chi connectivity index (χ4v) is 2.53. The summed E-state index contributed by atoms with van der Waals surface area (Å²) in [4.78, 5) is 4.31. The summed E-state index contributed by atoms with van der Waals surface area (Å²) in [6.45, 7) is 10.5. The van der Waals surface area contributed by atoms with E-state index in [-0.39, 0.29) is 12.2 Å². The number of hydrogen-bond donors (Lipinski definition) is 0. The summed E-state index contributed by atoms with van der Waals surface area (Å²) in [6, 6.07) is 3.78. The molecular formula is C18H27NO3. The van der Waals surface area contributed by atoms with Crippen molar-refractivity contribution in [1.82, 2.24) is 4.98 Å². The number of hydrogen-bond acceptors (Lipinski definition) is 4. The molecule has 1 heterocycles. The second-order valence-electron chi connectivity index (χ2n) is 6.28. The van der Waals surface area contributed by atoms with E-state index < -0.39 is 0 Å². The van der Waals surface area contributed by atoms with Crippen molar-refractivity contribution in [3.8, 4) is 11.6 Å². The first-order valence-electron chi connectivity index (χ1n) is 8.08. The number of rotatable bonds is 7.